The summed E-state index contributed by atoms with van der Waals surface area (Å²) in [4.78, 5) is 19.9. The van der Waals surface area contributed by atoms with Crippen molar-refractivity contribution in [2.24, 2.45) is 0 Å². The van der Waals surface area contributed by atoms with Crippen LogP contribution in [0.25, 0.3) is 10.9 Å². The van der Waals surface area contributed by atoms with Crippen molar-refractivity contribution in [1.82, 2.24) is 14.5 Å². The van der Waals surface area contributed by atoms with Gasteiger partial charge in [0.2, 0.25) is 0 Å². The maximum atomic E-state index is 12.6. The van der Waals surface area contributed by atoms with E-state index in [1.807, 2.05) is 43.5 Å². The van der Waals surface area contributed by atoms with Gasteiger partial charge in [-0.3, -0.25) is 4.79 Å². The summed E-state index contributed by atoms with van der Waals surface area (Å²) in [5.74, 6) is 0.154. The lowest BCUT2D eigenvalue weighted by molar-refractivity contribution is 0.0984. The van der Waals surface area contributed by atoms with Crippen LogP contribution < -0.4 is 0 Å². The Labute approximate surface area is 129 Å². The predicted octanol–water partition coefficient (Wildman–Crippen LogP) is 3.67. The van der Waals surface area contributed by atoms with Crippen molar-refractivity contribution in [3.63, 3.8) is 0 Å². The summed E-state index contributed by atoms with van der Waals surface area (Å²) < 4.78 is 2.06. The van der Waals surface area contributed by atoms with Gasteiger partial charge in [0.15, 0.2) is 5.78 Å². The van der Waals surface area contributed by atoms with Crippen molar-refractivity contribution in [3.05, 3.63) is 66.4 Å². The third kappa shape index (κ3) is 2.60. The summed E-state index contributed by atoms with van der Waals surface area (Å²) >= 11 is 0. The third-order valence-corrected chi connectivity index (χ3v) is 3.94. The number of aromatic amines is 1. The van der Waals surface area contributed by atoms with Crippen LogP contribution in [-0.4, -0.2) is 20.3 Å². The second-order valence-corrected chi connectivity index (χ2v) is 5.40. The molecule has 4 heteroatoms. The van der Waals surface area contributed by atoms with Crippen LogP contribution in [0.2, 0.25) is 0 Å². The molecule has 3 rings (SSSR count). The number of allylic oxidation sites excluding steroid dienone is 1. The number of fused-ring (bicyclic) bond motifs is 1. The lowest BCUT2D eigenvalue weighted by Crippen LogP contribution is -2.02. The average molecular weight is 293 g/mol. The molecule has 1 N–H and O–H groups in total. The van der Waals surface area contributed by atoms with Gasteiger partial charge >= 0.3 is 0 Å². The SMILES string of the molecule is C=CCn1cc(C(=O)CCc2nc[nH]c2C)c2ccccc21. The van der Waals surface area contributed by atoms with Gasteiger partial charge in [0.25, 0.3) is 0 Å². The van der Waals surface area contributed by atoms with Crippen LogP contribution in [0.1, 0.15) is 28.2 Å². The molecule has 0 aliphatic carbocycles. The quantitative estimate of drug-likeness (QED) is 0.557. The molecule has 0 aliphatic heterocycles. The molecular formula is C18H19N3O. The molecule has 0 saturated heterocycles. The fraction of sp³-hybridized carbons (Fsp3) is 0.222. The number of aromatic nitrogens is 3. The van der Waals surface area contributed by atoms with E-state index >= 15 is 0 Å². The van der Waals surface area contributed by atoms with Gasteiger partial charge in [-0.2, -0.15) is 0 Å². The zero-order valence-corrected chi connectivity index (χ0v) is 12.7. The van der Waals surface area contributed by atoms with E-state index in [4.69, 9.17) is 0 Å². The molecule has 2 aromatic heterocycles. The normalized spacial score (nSPS) is 11.0. The standard InChI is InChI=1S/C18H19N3O/c1-3-10-21-11-15(14-6-4-5-7-17(14)21)18(22)9-8-16-13(2)19-12-20-16/h3-7,11-12H,1,8-10H2,2H3,(H,19,20). The minimum atomic E-state index is 0.154. The molecule has 0 amide bonds. The Morgan fingerprint density at radius 3 is 2.95 bits per heavy atom. The number of H-pyrrole nitrogens is 1. The van der Waals surface area contributed by atoms with Crippen LogP contribution in [-0.2, 0) is 13.0 Å². The van der Waals surface area contributed by atoms with Gasteiger partial charge in [-0.15, -0.1) is 6.58 Å². The van der Waals surface area contributed by atoms with Gasteiger partial charge in [-0.1, -0.05) is 24.3 Å². The monoisotopic (exact) mass is 293 g/mol. The van der Waals surface area contributed by atoms with Crippen LogP contribution in [0.15, 0.2) is 49.4 Å². The molecule has 112 valence electrons. The Morgan fingerprint density at radius 1 is 1.41 bits per heavy atom. The van der Waals surface area contributed by atoms with Gasteiger partial charge in [0.05, 0.1) is 12.0 Å². The molecule has 0 unspecified atom stereocenters. The molecule has 1 aromatic carbocycles. The maximum Gasteiger partial charge on any atom is 0.165 e. The lowest BCUT2D eigenvalue weighted by Gasteiger charge is -1.99. The molecule has 0 bridgehead atoms. The fourth-order valence-corrected chi connectivity index (χ4v) is 2.76. The molecule has 4 nitrogen and oxygen atoms in total. The maximum absolute atomic E-state index is 12.6. The summed E-state index contributed by atoms with van der Waals surface area (Å²) in [6.07, 6.45) is 6.58. The molecule has 22 heavy (non-hydrogen) atoms. The van der Waals surface area contributed by atoms with Crippen LogP contribution in [0.3, 0.4) is 0 Å². The number of benzene rings is 1. The third-order valence-electron chi connectivity index (χ3n) is 3.94. The van der Waals surface area contributed by atoms with Crippen molar-refractivity contribution in [2.75, 3.05) is 0 Å². The minimum absolute atomic E-state index is 0.154. The number of nitrogens with zero attached hydrogens (tertiary/aromatic N) is 2. The highest BCUT2D eigenvalue weighted by Crippen LogP contribution is 2.23. The minimum Gasteiger partial charge on any atom is -0.348 e. The predicted molar refractivity (Wildman–Crippen MR) is 88.1 cm³/mol. The molecule has 0 atom stereocenters. The first-order valence-electron chi connectivity index (χ1n) is 7.41. The molecule has 0 saturated carbocycles. The average Bonchev–Trinajstić information content (AvgIpc) is 3.10. The molecule has 2 heterocycles. The van der Waals surface area contributed by atoms with Gasteiger partial charge in [0, 0.05) is 41.3 Å². The summed E-state index contributed by atoms with van der Waals surface area (Å²) in [7, 11) is 0. The van der Waals surface area contributed by atoms with E-state index in [-0.39, 0.29) is 5.78 Å². The molecule has 0 fully saturated rings. The van der Waals surface area contributed by atoms with E-state index in [2.05, 4.69) is 21.1 Å². The van der Waals surface area contributed by atoms with Gasteiger partial charge in [-0.25, -0.2) is 4.98 Å². The van der Waals surface area contributed by atoms with Crippen molar-refractivity contribution in [2.45, 2.75) is 26.3 Å². The highest BCUT2D eigenvalue weighted by atomic mass is 16.1. The number of carbonyl (C=O) groups excluding carboxylic acids is 1. The Morgan fingerprint density at radius 2 is 2.23 bits per heavy atom. The number of hydrogen-bond donors (Lipinski definition) is 1. The first-order chi connectivity index (χ1) is 10.7. The van der Waals surface area contributed by atoms with Crippen molar-refractivity contribution in [1.29, 1.82) is 0 Å². The molecule has 3 aromatic rings. The summed E-state index contributed by atoms with van der Waals surface area (Å²) in [6.45, 7) is 6.45. The van der Waals surface area contributed by atoms with E-state index in [0.29, 0.717) is 19.4 Å². The Kier molecular flexibility index (Phi) is 3.92. The fourth-order valence-electron chi connectivity index (χ4n) is 2.76. The largest absolute Gasteiger partial charge is 0.348 e. The first-order valence-corrected chi connectivity index (χ1v) is 7.41. The molecular weight excluding hydrogens is 274 g/mol. The topological polar surface area (TPSA) is 50.7 Å². The van der Waals surface area contributed by atoms with Crippen molar-refractivity contribution >= 4 is 16.7 Å². The molecule has 0 spiro atoms. The van der Waals surface area contributed by atoms with Gasteiger partial charge in [0.1, 0.15) is 0 Å². The second kappa shape index (κ2) is 6.02. The van der Waals surface area contributed by atoms with Gasteiger partial charge < -0.3 is 9.55 Å². The number of rotatable bonds is 6. The van der Waals surface area contributed by atoms with E-state index in [0.717, 1.165) is 27.9 Å². The number of carbonyl (C=O) groups is 1. The highest BCUT2D eigenvalue weighted by Gasteiger charge is 2.15. The van der Waals surface area contributed by atoms with E-state index in [9.17, 15) is 4.79 Å². The van der Waals surface area contributed by atoms with E-state index < -0.39 is 0 Å². The zero-order valence-electron chi connectivity index (χ0n) is 12.7. The summed E-state index contributed by atoms with van der Waals surface area (Å²) in [5, 5.41) is 1.01. The molecule has 0 aliphatic rings. The van der Waals surface area contributed by atoms with E-state index in [1.165, 1.54) is 0 Å². The van der Waals surface area contributed by atoms with Crippen LogP contribution in [0.4, 0.5) is 0 Å². The number of aryl methyl sites for hydroxylation is 2. The number of ketones is 1. The Hall–Kier alpha value is -2.62. The number of imidazole rings is 1. The number of nitrogens with one attached hydrogen (secondary N) is 1. The van der Waals surface area contributed by atoms with Crippen molar-refractivity contribution < 1.29 is 4.79 Å². The molecule has 0 radical (unpaired) electrons. The highest BCUT2D eigenvalue weighted by molar-refractivity contribution is 6.08. The number of hydrogen-bond acceptors (Lipinski definition) is 2. The number of para-hydroxylation sites is 1. The number of Topliss-reactive ketones (excluding diaryl/α,β-unsaturated/α-hetero) is 1. The lowest BCUT2D eigenvalue weighted by atomic mass is 10.0. The van der Waals surface area contributed by atoms with Gasteiger partial charge in [-0.05, 0) is 19.4 Å². The zero-order chi connectivity index (χ0) is 15.5. The first kappa shape index (κ1) is 14.3. The van der Waals surface area contributed by atoms with Crippen LogP contribution >= 0.6 is 0 Å². The Balaban J connectivity index is 1.87. The second-order valence-electron chi connectivity index (χ2n) is 5.40. The Bertz CT molecular complexity index is 826. The van der Waals surface area contributed by atoms with E-state index in [1.54, 1.807) is 6.33 Å². The summed E-state index contributed by atoms with van der Waals surface area (Å²) in [5.41, 5.74) is 3.84. The van der Waals surface area contributed by atoms with Crippen molar-refractivity contribution in [3.8, 4) is 0 Å². The van der Waals surface area contributed by atoms with Crippen LogP contribution in [0.5, 0.6) is 0 Å². The van der Waals surface area contributed by atoms with Crippen LogP contribution in [0, 0.1) is 6.92 Å². The summed E-state index contributed by atoms with van der Waals surface area (Å²) in [6, 6.07) is 7.99. The smallest absolute Gasteiger partial charge is 0.165 e.